The number of hydrogen-bond donors (Lipinski definition) is 1. The fourth-order valence-corrected chi connectivity index (χ4v) is 2.77. The number of phenolic OH excluding ortho intramolecular Hbond substituents is 1. The summed E-state index contributed by atoms with van der Waals surface area (Å²) in [7, 11) is 1.49. The highest BCUT2D eigenvalue weighted by molar-refractivity contribution is 5.95. The molecule has 1 N–H and O–H groups in total. The molecule has 1 aliphatic rings. The minimum Gasteiger partial charge on any atom is -0.504 e. The zero-order chi connectivity index (χ0) is 14.7. The highest BCUT2D eigenvalue weighted by Crippen LogP contribution is 2.29. The fourth-order valence-electron chi connectivity index (χ4n) is 2.77. The molecule has 20 heavy (non-hydrogen) atoms. The summed E-state index contributed by atoms with van der Waals surface area (Å²) in [5.74, 6) is 1.78. The fraction of sp³-hybridized carbons (Fsp3) is 0.562. The second kappa shape index (κ2) is 6.16. The highest BCUT2D eigenvalue weighted by atomic mass is 16.5. The monoisotopic (exact) mass is 277 g/mol. The summed E-state index contributed by atoms with van der Waals surface area (Å²) in [5, 5.41) is 9.76. The van der Waals surface area contributed by atoms with Crippen LogP contribution < -0.4 is 4.74 Å². The number of benzene rings is 1. The Balaban J connectivity index is 2.04. The summed E-state index contributed by atoms with van der Waals surface area (Å²) in [6, 6.07) is 4.81. The molecule has 1 fully saturated rings. The Morgan fingerprint density at radius 3 is 2.50 bits per heavy atom. The van der Waals surface area contributed by atoms with Crippen LogP contribution in [-0.4, -0.2) is 36.1 Å². The Morgan fingerprint density at radius 2 is 2.00 bits per heavy atom. The largest absolute Gasteiger partial charge is 0.504 e. The standard InChI is InChI=1S/C16H23NO3/c1-11(2)12-6-8-17(9-7-12)16(19)13-4-5-15(20-3)14(18)10-13/h4-5,10-12,18H,6-9H2,1-3H3. The lowest BCUT2D eigenvalue weighted by molar-refractivity contribution is 0.0667. The quantitative estimate of drug-likeness (QED) is 0.924. The van der Waals surface area contributed by atoms with Gasteiger partial charge in [0, 0.05) is 18.7 Å². The smallest absolute Gasteiger partial charge is 0.253 e. The minimum atomic E-state index is -0.00911. The van der Waals surface area contributed by atoms with Gasteiger partial charge in [-0.15, -0.1) is 0 Å². The summed E-state index contributed by atoms with van der Waals surface area (Å²) in [6.45, 7) is 6.08. The van der Waals surface area contributed by atoms with Crippen LogP contribution in [0.15, 0.2) is 18.2 Å². The number of nitrogens with zero attached hydrogens (tertiary/aromatic N) is 1. The van der Waals surface area contributed by atoms with E-state index in [1.54, 1.807) is 12.1 Å². The van der Waals surface area contributed by atoms with Crippen LogP contribution in [0.3, 0.4) is 0 Å². The van der Waals surface area contributed by atoms with Gasteiger partial charge in [-0.05, 0) is 42.9 Å². The van der Waals surface area contributed by atoms with Crippen molar-refractivity contribution in [3.63, 3.8) is 0 Å². The van der Waals surface area contributed by atoms with Crippen LogP contribution in [0, 0.1) is 11.8 Å². The van der Waals surface area contributed by atoms with E-state index in [0.717, 1.165) is 25.9 Å². The van der Waals surface area contributed by atoms with E-state index < -0.39 is 0 Å². The first-order chi connectivity index (χ1) is 9.52. The summed E-state index contributed by atoms with van der Waals surface area (Å²) in [4.78, 5) is 14.3. The van der Waals surface area contributed by atoms with E-state index in [2.05, 4.69) is 13.8 Å². The number of likely N-dealkylation sites (tertiary alicyclic amines) is 1. The average Bonchev–Trinajstić information content (AvgIpc) is 2.46. The van der Waals surface area contributed by atoms with Crippen molar-refractivity contribution in [2.24, 2.45) is 11.8 Å². The van der Waals surface area contributed by atoms with Crippen molar-refractivity contribution in [1.82, 2.24) is 4.90 Å². The number of hydrogen-bond acceptors (Lipinski definition) is 3. The number of ether oxygens (including phenoxy) is 1. The Kier molecular flexibility index (Phi) is 4.53. The molecule has 0 unspecified atom stereocenters. The predicted octanol–water partition coefficient (Wildman–Crippen LogP) is 2.91. The van der Waals surface area contributed by atoms with Gasteiger partial charge in [-0.1, -0.05) is 13.8 Å². The molecule has 0 saturated carbocycles. The molecule has 1 amide bonds. The van der Waals surface area contributed by atoms with Gasteiger partial charge in [-0.3, -0.25) is 4.79 Å². The molecule has 1 aliphatic heterocycles. The molecule has 0 aromatic heterocycles. The predicted molar refractivity (Wildman–Crippen MR) is 78.1 cm³/mol. The number of rotatable bonds is 3. The number of phenols is 1. The summed E-state index contributed by atoms with van der Waals surface area (Å²) in [6.07, 6.45) is 2.12. The van der Waals surface area contributed by atoms with Crippen molar-refractivity contribution in [2.75, 3.05) is 20.2 Å². The maximum absolute atomic E-state index is 12.4. The van der Waals surface area contributed by atoms with Gasteiger partial charge >= 0.3 is 0 Å². The third kappa shape index (κ3) is 3.06. The Hall–Kier alpha value is -1.71. The molecule has 0 bridgehead atoms. The summed E-state index contributed by atoms with van der Waals surface area (Å²) >= 11 is 0. The van der Waals surface area contributed by atoms with Crippen LogP contribution >= 0.6 is 0 Å². The third-order valence-electron chi connectivity index (χ3n) is 4.20. The third-order valence-corrected chi connectivity index (χ3v) is 4.20. The molecule has 1 aromatic carbocycles. The normalized spacial score (nSPS) is 16.5. The maximum Gasteiger partial charge on any atom is 0.253 e. The molecule has 2 rings (SSSR count). The van der Waals surface area contributed by atoms with E-state index in [4.69, 9.17) is 4.74 Å². The average molecular weight is 277 g/mol. The molecule has 0 radical (unpaired) electrons. The molecule has 0 spiro atoms. The Labute approximate surface area is 120 Å². The molecule has 1 aromatic rings. The highest BCUT2D eigenvalue weighted by Gasteiger charge is 2.25. The van der Waals surface area contributed by atoms with E-state index in [-0.39, 0.29) is 11.7 Å². The van der Waals surface area contributed by atoms with Crippen molar-refractivity contribution in [1.29, 1.82) is 0 Å². The van der Waals surface area contributed by atoms with E-state index in [1.807, 2.05) is 4.90 Å². The lowest BCUT2D eigenvalue weighted by Gasteiger charge is -2.34. The van der Waals surface area contributed by atoms with Gasteiger partial charge in [-0.2, -0.15) is 0 Å². The zero-order valence-electron chi connectivity index (χ0n) is 12.4. The Morgan fingerprint density at radius 1 is 1.35 bits per heavy atom. The molecule has 0 atom stereocenters. The number of piperidine rings is 1. The van der Waals surface area contributed by atoms with Crippen molar-refractivity contribution < 1.29 is 14.6 Å². The van der Waals surface area contributed by atoms with Crippen LogP contribution in [0.5, 0.6) is 11.5 Å². The van der Waals surface area contributed by atoms with Crippen LogP contribution in [0.1, 0.15) is 37.0 Å². The SMILES string of the molecule is COc1ccc(C(=O)N2CCC(C(C)C)CC2)cc1O. The molecular weight excluding hydrogens is 254 g/mol. The second-order valence-corrected chi connectivity index (χ2v) is 5.76. The number of amides is 1. The minimum absolute atomic E-state index is 0.00911. The van der Waals surface area contributed by atoms with E-state index in [0.29, 0.717) is 23.1 Å². The molecule has 1 heterocycles. The summed E-state index contributed by atoms with van der Waals surface area (Å²) < 4.78 is 4.99. The van der Waals surface area contributed by atoms with Crippen LogP contribution in [0.2, 0.25) is 0 Å². The van der Waals surface area contributed by atoms with Crippen LogP contribution in [0.4, 0.5) is 0 Å². The van der Waals surface area contributed by atoms with E-state index in [9.17, 15) is 9.90 Å². The molecule has 4 heteroatoms. The van der Waals surface area contributed by atoms with Crippen molar-refractivity contribution in [3.05, 3.63) is 23.8 Å². The van der Waals surface area contributed by atoms with E-state index in [1.165, 1.54) is 13.2 Å². The van der Waals surface area contributed by atoms with Gasteiger partial charge in [0.25, 0.3) is 5.91 Å². The topological polar surface area (TPSA) is 49.8 Å². The Bertz CT molecular complexity index is 477. The summed E-state index contributed by atoms with van der Waals surface area (Å²) in [5.41, 5.74) is 0.520. The second-order valence-electron chi connectivity index (χ2n) is 5.76. The molecule has 1 saturated heterocycles. The van der Waals surface area contributed by atoms with E-state index >= 15 is 0 Å². The molecular formula is C16H23NO3. The van der Waals surface area contributed by atoms with Gasteiger partial charge in [0.05, 0.1) is 7.11 Å². The van der Waals surface area contributed by atoms with Crippen molar-refractivity contribution in [2.45, 2.75) is 26.7 Å². The van der Waals surface area contributed by atoms with Crippen molar-refractivity contribution in [3.8, 4) is 11.5 Å². The van der Waals surface area contributed by atoms with Crippen LogP contribution in [0.25, 0.3) is 0 Å². The first-order valence-electron chi connectivity index (χ1n) is 7.19. The number of carbonyl (C=O) groups excluding carboxylic acids is 1. The lowest BCUT2D eigenvalue weighted by atomic mass is 9.86. The van der Waals surface area contributed by atoms with Crippen LogP contribution in [-0.2, 0) is 0 Å². The molecule has 4 nitrogen and oxygen atoms in total. The van der Waals surface area contributed by atoms with Gasteiger partial charge in [0.1, 0.15) is 0 Å². The molecule has 110 valence electrons. The van der Waals surface area contributed by atoms with Gasteiger partial charge in [0.2, 0.25) is 0 Å². The maximum atomic E-state index is 12.4. The molecule has 0 aliphatic carbocycles. The lowest BCUT2D eigenvalue weighted by Crippen LogP contribution is -2.39. The number of methoxy groups -OCH3 is 1. The van der Waals surface area contributed by atoms with Gasteiger partial charge in [0.15, 0.2) is 11.5 Å². The first-order valence-corrected chi connectivity index (χ1v) is 7.19. The first kappa shape index (κ1) is 14.7. The van der Waals surface area contributed by atoms with Gasteiger partial charge in [-0.25, -0.2) is 0 Å². The number of aromatic hydroxyl groups is 1. The van der Waals surface area contributed by atoms with Gasteiger partial charge < -0.3 is 14.7 Å². The number of carbonyl (C=O) groups is 1. The zero-order valence-corrected chi connectivity index (χ0v) is 12.4. The van der Waals surface area contributed by atoms with Crippen molar-refractivity contribution >= 4 is 5.91 Å².